The van der Waals surface area contributed by atoms with Gasteiger partial charge < -0.3 is 14.9 Å². The fourth-order valence-corrected chi connectivity index (χ4v) is 1.90. The molecule has 2 N–H and O–H groups in total. The highest BCUT2D eigenvalue weighted by atomic mass is 16.5. The number of pyridine rings is 1. The number of aromatic hydroxyl groups is 1. The smallest absolute Gasteiger partial charge is 0.339 e. The van der Waals surface area contributed by atoms with Crippen LogP contribution in [0.2, 0.25) is 0 Å². The highest BCUT2D eigenvalue weighted by Crippen LogP contribution is 2.18. The zero-order chi connectivity index (χ0) is 14.8. The molecule has 2 heterocycles. The van der Waals surface area contributed by atoms with Gasteiger partial charge in [0.15, 0.2) is 11.5 Å². The molecule has 0 spiro atoms. The van der Waals surface area contributed by atoms with Gasteiger partial charge in [-0.15, -0.1) is 5.10 Å². The number of aromatic carboxylic acids is 1. The zero-order valence-corrected chi connectivity index (χ0v) is 10.8. The quantitative estimate of drug-likeness (QED) is 0.757. The molecular weight excluding hydrogens is 274 g/mol. The van der Waals surface area contributed by atoms with Gasteiger partial charge in [0.25, 0.3) is 0 Å². The molecule has 3 rings (SSSR count). The van der Waals surface area contributed by atoms with E-state index in [0.717, 1.165) is 0 Å². The van der Waals surface area contributed by atoms with Gasteiger partial charge in [-0.25, -0.2) is 14.3 Å². The average Bonchev–Trinajstić information content (AvgIpc) is 2.87. The van der Waals surface area contributed by atoms with Crippen LogP contribution >= 0.6 is 0 Å². The van der Waals surface area contributed by atoms with Crippen LogP contribution in [0.3, 0.4) is 0 Å². The lowest BCUT2D eigenvalue weighted by atomic mass is 10.3. The Kier molecular flexibility index (Phi) is 3.15. The first-order valence-corrected chi connectivity index (χ1v) is 6.13. The molecule has 0 aliphatic carbocycles. The number of nitrogens with zero attached hydrogens (tertiary/aromatic N) is 3. The predicted molar refractivity (Wildman–Crippen MR) is 72.4 cm³/mol. The van der Waals surface area contributed by atoms with Gasteiger partial charge in [-0.05, 0) is 24.3 Å². The minimum atomic E-state index is -1.06. The van der Waals surface area contributed by atoms with Crippen molar-refractivity contribution in [2.75, 3.05) is 0 Å². The van der Waals surface area contributed by atoms with Crippen LogP contribution < -0.4 is 4.74 Å². The third kappa shape index (κ3) is 2.62. The molecule has 0 aliphatic heterocycles. The lowest BCUT2D eigenvalue weighted by Crippen LogP contribution is -2.00. The molecule has 0 fully saturated rings. The molecule has 0 atom stereocenters. The van der Waals surface area contributed by atoms with Crippen molar-refractivity contribution in [2.45, 2.75) is 6.61 Å². The Balaban J connectivity index is 1.85. The SMILES string of the molecule is O=C(O)c1cccn2nc(COc3cccc(O)c3)nc12. The van der Waals surface area contributed by atoms with Gasteiger partial charge in [-0.1, -0.05) is 6.07 Å². The Morgan fingerprint density at radius 2 is 2.14 bits per heavy atom. The second-order valence-electron chi connectivity index (χ2n) is 4.31. The van der Waals surface area contributed by atoms with E-state index in [1.165, 1.54) is 22.7 Å². The minimum Gasteiger partial charge on any atom is -0.508 e. The molecule has 0 radical (unpaired) electrons. The first-order chi connectivity index (χ1) is 10.1. The number of phenols is 1. The van der Waals surface area contributed by atoms with Crippen molar-refractivity contribution in [3.63, 3.8) is 0 Å². The van der Waals surface area contributed by atoms with Gasteiger partial charge in [-0.2, -0.15) is 0 Å². The number of benzene rings is 1. The first-order valence-electron chi connectivity index (χ1n) is 6.13. The van der Waals surface area contributed by atoms with E-state index in [9.17, 15) is 9.90 Å². The fourth-order valence-electron chi connectivity index (χ4n) is 1.90. The Hall–Kier alpha value is -3.09. The third-order valence-electron chi connectivity index (χ3n) is 2.82. The van der Waals surface area contributed by atoms with Crippen LogP contribution in [0.1, 0.15) is 16.2 Å². The summed E-state index contributed by atoms with van der Waals surface area (Å²) >= 11 is 0. The van der Waals surface area contributed by atoms with Crippen molar-refractivity contribution in [3.05, 3.63) is 54.0 Å². The number of fused-ring (bicyclic) bond motifs is 1. The second-order valence-corrected chi connectivity index (χ2v) is 4.31. The monoisotopic (exact) mass is 285 g/mol. The molecule has 0 aliphatic rings. The summed E-state index contributed by atoms with van der Waals surface area (Å²) in [7, 11) is 0. The number of aromatic nitrogens is 3. The lowest BCUT2D eigenvalue weighted by Gasteiger charge is -2.02. The van der Waals surface area contributed by atoms with Crippen LogP contribution in [0.15, 0.2) is 42.6 Å². The van der Waals surface area contributed by atoms with Crippen LogP contribution in [0.5, 0.6) is 11.5 Å². The van der Waals surface area contributed by atoms with E-state index in [2.05, 4.69) is 10.1 Å². The predicted octanol–water partition coefficient (Wildman–Crippen LogP) is 1.71. The topological polar surface area (TPSA) is 97.0 Å². The summed E-state index contributed by atoms with van der Waals surface area (Å²) in [6.45, 7) is 0.0736. The van der Waals surface area contributed by atoms with E-state index in [1.807, 2.05) is 0 Å². The van der Waals surface area contributed by atoms with Crippen molar-refractivity contribution < 1.29 is 19.7 Å². The zero-order valence-electron chi connectivity index (χ0n) is 10.8. The number of rotatable bonds is 4. The van der Waals surface area contributed by atoms with Gasteiger partial charge in [0.2, 0.25) is 0 Å². The van der Waals surface area contributed by atoms with Crippen LogP contribution in [0, 0.1) is 0 Å². The number of carboxylic acids is 1. The fraction of sp³-hybridized carbons (Fsp3) is 0.0714. The molecule has 0 bridgehead atoms. The maximum atomic E-state index is 11.1. The molecule has 0 unspecified atom stereocenters. The molecule has 0 amide bonds. The molecule has 0 saturated heterocycles. The van der Waals surface area contributed by atoms with Crippen molar-refractivity contribution in [2.24, 2.45) is 0 Å². The Morgan fingerprint density at radius 1 is 1.29 bits per heavy atom. The molecule has 3 aromatic rings. The molecule has 1 aromatic carbocycles. The summed E-state index contributed by atoms with van der Waals surface area (Å²) in [6.07, 6.45) is 1.62. The Morgan fingerprint density at radius 3 is 2.90 bits per heavy atom. The second kappa shape index (κ2) is 5.12. The van der Waals surface area contributed by atoms with E-state index in [4.69, 9.17) is 9.84 Å². The number of carbonyl (C=O) groups is 1. The van der Waals surface area contributed by atoms with Gasteiger partial charge in [0, 0.05) is 12.3 Å². The van der Waals surface area contributed by atoms with Crippen molar-refractivity contribution in [1.82, 2.24) is 14.6 Å². The summed E-state index contributed by atoms with van der Waals surface area (Å²) < 4.78 is 6.85. The summed E-state index contributed by atoms with van der Waals surface area (Å²) in [4.78, 5) is 15.3. The van der Waals surface area contributed by atoms with Gasteiger partial charge in [0.05, 0.1) is 0 Å². The summed E-state index contributed by atoms with van der Waals surface area (Å²) in [5.74, 6) is -0.128. The number of hydrogen-bond donors (Lipinski definition) is 2. The van der Waals surface area contributed by atoms with Crippen LogP contribution in [-0.4, -0.2) is 30.8 Å². The molecule has 7 nitrogen and oxygen atoms in total. The average molecular weight is 285 g/mol. The standard InChI is InChI=1S/C14H11N3O4/c18-9-3-1-4-10(7-9)21-8-12-15-13-11(14(19)20)5-2-6-17(13)16-12/h1-7,18H,8H2,(H,19,20). The Labute approximate surface area is 119 Å². The molecule has 21 heavy (non-hydrogen) atoms. The first kappa shape index (κ1) is 12.9. The highest BCUT2D eigenvalue weighted by molar-refractivity contribution is 5.94. The van der Waals surface area contributed by atoms with Crippen molar-refractivity contribution in [3.8, 4) is 11.5 Å². The normalized spacial score (nSPS) is 10.7. The largest absolute Gasteiger partial charge is 0.508 e. The summed E-state index contributed by atoms with van der Waals surface area (Å²) in [5, 5.41) is 22.6. The van der Waals surface area contributed by atoms with E-state index in [0.29, 0.717) is 11.6 Å². The Bertz CT molecular complexity index is 813. The summed E-state index contributed by atoms with van der Waals surface area (Å²) in [6, 6.07) is 9.41. The van der Waals surface area contributed by atoms with Crippen molar-refractivity contribution in [1.29, 1.82) is 0 Å². The van der Waals surface area contributed by atoms with Crippen LogP contribution in [0.25, 0.3) is 5.65 Å². The van der Waals surface area contributed by atoms with E-state index in [-0.39, 0.29) is 23.6 Å². The number of carboxylic acid groups (broad SMARTS) is 1. The maximum absolute atomic E-state index is 11.1. The lowest BCUT2D eigenvalue weighted by molar-refractivity contribution is 0.0698. The molecule has 106 valence electrons. The van der Waals surface area contributed by atoms with E-state index in [1.54, 1.807) is 24.4 Å². The minimum absolute atomic E-state index is 0.0736. The third-order valence-corrected chi connectivity index (χ3v) is 2.82. The molecular formula is C14H11N3O4. The van der Waals surface area contributed by atoms with Crippen molar-refractivity contribution >= 4 is 11.6 Å². The van der Waals surface area contributed by atoms with Gasteiger partial charge >= 0.3 is 5.97 Å². The van der Waals surface area contributed by atoms with E-state index < -0.39 is 5.97 Å². The number of ether oxygens (including phenoxy) is 1. The van der Waals surface area contributed by atoms with E-state index >= 15 is 0 Å². The maximum Gasteiger partial charge on any atom is 0.339 e. The molecule has 0 saturated carbocycles. The highest BCUT2D eigenvalue weighted by Gasteiger charge is 2.13. The van der Waals surface area contributed by atoms with Gasteiger partial charge in [-0.3, -0.25) is 0 Å². The summed E-state index contributed by atoms with van der Waals surface area (Å²) in [5.41, 5.74) is 0.341. The number of hydrogen-bond acceptors (Lipinski definition) is 5. The molecule has 7 heteroatoms. The number of phenolic OH excluding ortho intramolecular Hbond substituents is 1. The van der Waals surface area contributed by atoms with Crippen LogP contribution in [0.4, 0.5) is 0 Å². The molecule has 2 aromatic heterocycles. The van der Waals surface area contributed by atoms with Gasteiger partial charge in [0.1, 0.15) is 23.7 Å². The van der Waals surface area contributed by atoms with Crippen LogP contribution in [-0.2, 0) is 6.61 Å².